The van der Waals surface area contributed by atoms with E-state index in [4.69, 9.17) is 0 Å². The molecule has 0 N–H and O–H groups in total. The number of hydrogen-bond donors (Lipinski definition) is 0. The van der Waals surface area contributed by atoms with E-state index in [0.29, 0.717) is 0 Å². The summed E-state index contributed by atoms with van der Waals surface area (Å²) in [5.41, 5.74) is -0.574. The van der Waals surface area contributed by atoms with Gasteiger partial charge in [-0.15, -0.1) is 0 Å². The Balaban J connectivity index is 3.43. The van der Waals surface area contributed by atoms with Crippen molar-refractivity contribution in [1.29, 1.82) is 0 Å². The van der Waals surface area contributed by atoms with Crippen molar-refractivity contribution in [2.24, 2.45) is 7.05 Å². The Kier molecular flexibility index (Phi) is 1.30. The van der Waals surface area contributed by atoms with E-state index >= 15 is 0 Å². The molecule has 1 aromatic rings. The van der Waals surface area contributed by atoms with Crippen molar-refractivity contribution in [2.75, 3.05) is 0 Å². The molecule has 0 aliphatic rings. The van der Waals surface area contributed by atoms with Crippen molar-refractivity contribution in [3.05, 3.63) is 28.7 Å². The van der Waals surface area contributed by atoms with Crippen LogP contribution < -0.4 is 5.69 Å². The summed E-state index contributed by atoms with van der Waals surface area (Å²) in [6.07, 6.45) is 1.14. The summed E-state index contributed by atoms with van der Waals surface area (Å²) in [5, 5.41) is 0. The number of nitrogens with zero attached hydrogens (tertiary/aromatic N) is 2. The lowest BCUT2D eigenvalue weighted by Gasteiger charge is -1.93. The van der Waals surface area contributed by atoms with Crippen LogP contribution in [0.5, 0.6) is 0 Å². The molecule has 0 bridgehead atoms. The van der Waals surface area contributed by atoms with Crippen molar-refractivity contribution in [2.45, 2.75) is 0 Å². The number of hydrogen-bond acceptors (Lipinski definition) is 2. The lowest BCUT2D eigenvalue weighted by atomic mass is 10.6. The minimum Gasteiger partial charge on any atom is -0.271 e. The molecule has 0 atom stereocenters. The Labute approximate surface area is 50.8 Å². The highest BCUT2D eigenvalue weighted by atomic mass is 19.1. The highest BCUT2D eigenvalue weighted by molar-refractivity contribution is 4.83. The van der Waals surface area contributed by atoms with E-state index in [0.717, 1.165) is 16.8 Å². The van der Waals surface area contributed by atoms with E-state index in [1.807, 2.05) is 0 Å². The van der Waals surface area contributed by atoms with Gasteiger partial charge in [0.1, 0.15) is 0 Å². The maximum atomic E-state index is 12.3. The van der Waals surface area contributed by atoms with Crippen molar-refractivity contribution in [3.63, 3.8) is 0 Å². The molecule has 48 valence electrons. The second kappa shape index (κ2) is 1.97. The van der Waals surface area contributed by atoms with E-state index in [1.54, 1.807) is 0 Å². The topological polar surface area (TPSA) is 34.9 Å². The van der Waals surface area contributed by atoms with Crippen LogP contribution in [-0.2, 0) is 7.05 Å². The maximum Gasteiger partial charge on any atom is 0.349 e. The Morgan fingerprint density at radius 1 is 1.78 bits per heavy atom. The van der Waals surface area contributed by atoms with Gasteiger partial charge in [0.15, 0.2) is 5.95 Å². The van der Waals surface area contributed by atoms with Crippen LogP contribution in [0.1, 0.15) is 0 Å². The molecule has 0 aliphatic heterocycles. The fourth-order valence-corrected chi connectivity index (χ4v) is 0.452. The SMILES string of the molecule is Cn1c(F)ccnc1=O. The number of rotatable bonds is 0. The second-order valence-electron chi connectivity index (χ2n) is 1.61. The van der Waals surface area contributed by atoms with Gasteiger partial charge in [-0.2, -0.15) is 4.39 Å². The first-order valence-electron chi connectivity index (χ1n) is 2.39. The Bertz CT molecular complexity index is 268. The average Bonchev–Trinajstić information content (AvgIpc) is 1.83. The molecule has 3 nitrogen and oxygen atoms in total. The molecule has 0 saturated carbocycles. The van der Waals surface area contributed by atoms with Gasteiger partial charge in [-0.3, -0.25) is 4.57 Å². The number of aromatic nitrogens is 2. The van der Waals surface area contributed by atoms with Gasteiger partial charge < -0.3 is 0 Å². The summed E-state index contributed by atoms with van der Waals surface area (Å²) in [5.74, 6) is -0.574. The van der Waals surface area contributed by atoms with Gasteiger partial charge >= 0.3 is 5.69 Å². The molecule has 1 rings (SSSR count). The van der Waals surface area contributed by atoms with Crippen LogP contribution in [-0.4, -0.2) is 9.55 Å². The van der Waals surface area contributed by atoms with Crippen molar-refractivity contribution in [1.82, 2.24) is 9.55 Å². The van der Waals surface area contributed by atoms with Crippen LogP contribution in [0.2, 0.25) is 0 Å². The molecule has 0 aromatic carbocycles. The Morgan fingerprint density at radius 3 is 2.89 bits per heavy atom. The van der Waals surface area contributed by atoms with E-state index < -0.39 is 11.6 Å². The first-order chi connectivity index (χ1) is 4.22. The van der Waals surface area contributed by atoms with E-state index in [1.165, 1.54) is 7.05 Å². The highest BCUT2D eigenvalue weighted by Gasteiger charge is 1.94. The van der Waals surface area contributed by atoms with Crippen molar-refractivity contribution < 1.29 is 4.39 Å². The Morgan fingerprint density at radius 2 is 2.44 bits per heavy atom. The molecule has 1 heterocycles. The van der Waals surface area contributed by atoms with Crippen LogP contribution in [0.25, 0.3) is 0 Å². The van der Waals surface area contributed by atoms with Crippen LogP contribution >= 0.6 is 0 Å². The van der Waals surface area contributed by atoms with E-state index in [2.05, 4.69) is 4.98 Å². The van der Waals surface area contributed by atoms with Crippen LogP contribution in [0, 0.1) is 5.95 Å². The lowest BCUT2D eigenvalue weighted by Crippen LogP contribution is -2.21. The predicted octanol–water partition coefficient (Wildman–Crippen LogP) is -0.0806. The first-order valence-corrected chi connectivity index (χ1v) is 2.39. The first kappa shape index (κ1) is 5.94. The normalized spacial score (nSPS) is 9.56. The second-order valence-corrected chi connectivity index (χ2v) is 1.61. The van der Waals surface area contributed by atoms with Crippen molar-refractivity contribution >= 4 is 0 Å². The highest BCUT2D eigenvalue weighted by Crippen LogP contribution is 1.84. The van der Waals surface area contributed by atoms with Crippen molar-refractivity contribution in [3.8, 4) is 0 Å². The van der Waals surface area contributed by atoms with Crippen LogP contribution in [0.3, 0.4) is 0 Å². The zero-order chi connectivity index (χ0) is 6.85. The smallest absolute Gasteiger partial charge is 0.271 e. The van der Waals surface area contributed by atoms with Gasteiger partial charge in [-0.1, -0.05) is 0 Å². The molecular weight excluding hydrogens is 123 g/mol. The van der Waals surface area contributed by atoms with Crippen LogP contribution in [0.15, 0.2) is 17.1 Å². The third kappa shape index (κ3) is 0.960. The average molecular weight is 128 g/mol. The maximum absolute atomic E-state index is 12.3. The fraction of sp³-hybridized carbons (Fsp3) is 0.200. The third-order valence-electron chi connectivity index (χ3n) is 1.00. The monoisotopic (exact) mass is 128 g/mol. The molecule has 0 amide bonds. The largest absolute Gasteiger partial charge is 0.349 e. The minimum atomic E-state index is -0.574. The molecule has 0 unspecified atom stereocenters. The Hall–Kier alpha value is -1.19. The summed E-state index contributed by atoms with van der Waals surface area (Å²) in [7, 11) is 1.32. The molecule has 0 fully saturated rings. The summed E-state index contributed by atoms with van der Waals surface area (Å²) < 4.78 is 13.1. The van der Waals surface area contributed by atoms with E-state index in [-0.39, 0.29) is 0 Å². The minimum absolute atomic E-state index is 0.574. The standard InChI is InChI=1S/C5H5FN2O/c1-8-4(6)2-3-7-5(8)9/h2-3H,1H3. The zero-order valence-electron chi connectivity index (χ0n) is 4.84. The molecule has 0 spiro atoms. The zero-order valence-corrected chi connectivity index (χ0v) is 4.84. The predicted molar refractivity (Wildman–Crippen MR) is 29.4 cm³/mol. The van der Waals surface area contributed by atoms with E-state index in [9.17, 15) is 9.18 Å². The fourth-order valence-electron chi connectivity index (χ4n) is 0.452. The molecular formula is C5H5FN2O. The van der Waals surface area contributed by atoms with Gasteiger partial charge in [0.2, 0.25) is 0 Å². The molecule has 9 heavy (non-hydrogen) atoms. The van der Waals surface area contributed by atoms with Crippen LogP contribution in [0.4, 0.5) is 4.39 Å². The molecule has 1 aromatic heterocycles. The molecule has 4 heteroatoms. The quantitative estimate of drug-likeness (QED) is 0.458. The van der Waals surface area contributed by atoms with Gasteiger partial charge in [-0.25, -0.2) is 9.78 Å². The van der Waals surface area contributed by atoms with Gasteiger partial charge in [0.25, 0.3) is 0 Å². The summed E-state index contributed by atoms with van der Waals surface area (Å²) in [6.45, 7) is 0. The molecule has 0 aliphatic carbocycles. The summed E-state index contributed by atoms with van der Waals surface area (Å²) in [6, 6.07) is 1.13. The van der Waals surface area contributed by atoms with Gasteiger partial charge in [0.05, 0.1) is 0 Å². The molecule has 0 radical (unpaired) electrons. The van der Waals surface area contributed by atoms with Gasteiger partial charge in [0, 0.05) is 19.3 Å². The number of halogens is 1. The summed E-state index contributed by atoms with van der Waals surface area (Å²) in [4.78, 5) is 13.8. The van der Waals surface area contributed by atoms with Gasteiger partial charge in [-0.05, 0) is 0 Å². The summed E-state index contributed by atoms with van der Waals surface area (Å²) >= 11 is 0. The lowest BCUT2D eigenvalue weighted by molar-refractivity contribution is 0.506. The molecule has 0 saturated heterocycles. The third-order valence-corrected chi connectivity index (χ3v) is 1.00.